The normalized spacial score (nSPS) is 12.4. The molecule has 0 atom stereocenters. The molecule has 7 heteroatoms. The molecule has 0 fully saturated rings. The summed E-state index contributed by atoms with van der Waals surface area (Å²) in [6.45, 7) is 3.75. The standard InChI is InChI=1S/C28H28N2O5/c1-28(2,26(33)29-16-15-18-11-13-19(14-12-18)25(31)32)30-27(34)35-17-24-22-9-5-3-7-20(22)21-8-4-6-10-23(21)24/h3-14,24H,15-17H2,1-2H3,(H,29,33)(H,30,34)(H,31,32). The summed E-state index contributed by atoms with van der Waals surface area (Å²) >= 11 is 0. The van der Waals surface area contributed by atoms with Crippen LogP contribution < -0.4 is 10.6 Å². The SMILES string of the molecule is CC(C)(NC(=O)OCC1c2ccccc2-c2ccccc21)C(=O)NCCc1ccc(C(=O)O)cc1. The van der Waals surface area contributed by atoms with Gasteiger partial charge < -0.3 is 20.5 Å². The van der Waals surface area contributed by atoms with Gasteiger partial charge in [0.25, 0.3) is 0 Å². The van der Waals surface area contributed by atoms with E-state index in [1.807, 2.05) is 36.4 Å². The summed E-state index contributed by atoms with van der Waals surface area (Å²) in [5.74, 6) is -1.38. The molecule has 35 heavy (non-hydrogen) atoms. The molecular formula is C28H28N2O5. The molecule has 3 aromatic carbocycles. The van der Waals surface area contributed by atoms with Crippen molar-refractivity contribution >= 4 is 18.0 Å². The highest BCUT2D eigenvalue weighted by Gasteiger charge is 2.32. The third-order valence-electron chi connectivity index (χ3n) is 6.23. The maximum atomic E-state index is 12.7. The molecule has 7 nitrogen and oxygen atoms in total. The van der Waals surface area contributed by atoms with Crippen LogP contribution in [0.5, 0.6) is 0 Å². The van der Waals surface area contributed by atoms with Crippen molar-refractivity contribution < 1.29 is 24.2 Å². The van der Waals surface area contributed by atoms with Crippen LogP contribution in [0.1, 0.15) is 46.8 Å². The zero-order valence-electron chi connectivity index (χ0n) is 19.7. The Kier molecular flexibility index (Phi) is 6.87. The van der Waals surface area contributed by atoms with Crippen molar-refractivity contribution in [2.45, 2.75) is 31.7 Å². The average molecular weight is 473 g/mol. The van der Waals surface area contributed by atoms with E-state index in [-0.39, 0.29) is 24.0 Å². The molecule has 4 rings (SSSR count). The minimum atomic E-state index is -1.17. The van der Waals surface area contributed by atoms with Crippen molar-refractivity contribution in [1.29, 1.82) is 0 Å². The third-order valence-corrected chi connectivity index (χ3v) is 6.23. The number of carbonyl (C=O) groups is 3. The third kappa shape index (κ3) is 5.35. The lowest BCUT2D eigenvalue weighted by Gasteiger charge is -2.25. The van der Waals surface area contributed by atoms with Gasteiger partial charge in [-0.25, -0.2) is 9.59 Å². The first kappa shape index (κ1) is 24.0. The van der Waals surface area contributed by atoms with Crippen LogP contribution in [0, 0.1) is 0 Å². The lowest BCUT2D eigenvalue weighted by Crippen LogP contribution is -2.55. The summed E-state index contributed by atoms with van der Waals surface area (Å²) in [6, 6.07) is 22.7. The molecule has 0 saturated heterocycles. The number of alkyl carbamates (subject to hydrolysis) is 1. The highest BCUT2D eigenvalue weighted by Crippen LogP contribution is 2.44. The van der Waals surface area contributed by atoms with E-state index in [4.69, 9.17) is 9.84 Å². The van der Waals surface area contributed by atoms with Crippen LogP contribution in [0.2, 0.25) is 0 Å². The molecule has 0 bridgehead atoms. The van der Waals surface area contributed by atoms with Gasteiger partial charge in [-0.15, -0.1) is 0 Å². The second-order valence-corrected chi connectivity index (χ2v) is 9.08. The summed E-state index contributed by atoms with van der Waals surface area (Å²) in [5.41, 5.74) is 4.48. The fourth-order valence-corrected chi connectivity index (χ4v) is 4.30. The molecule has 0 heterocycles. The van der Waals surface area contributed by atoms with Gasteiger partial charge in [-0.05, 0) is 60.2 Å². The smallest absolute Gasteiger partial charge is 0.408 e. The number of fused-ring (bicyclic) bond motifs is 3. The maximum absolute atomic E-state index is 12.7. The zero-order valence-corrected chi connectivity index (χ0v) is 19.7. The maximum Gasteiger partial charge on any atom is 0.408 e. The largest absolute Gasteiger partial charge is 0.478 e. The van der Waals surface area contributed by atoms with E-state index in [0.29, 0.717) is 13.0 Å². The van der Waals surface area contributed by atoms with Gasteiger partial charge in [-0.2, -0.15) is 0 Å². The molecular weight excluding hydrogens is 444 g/mol. The Balaban J connectivity index is 1.29. The van der Waals surface area contributed by atoms with E-state index in [2.05, 4.69) is 22.8 Å². The monoisotopic (exact) mass is 472 g/mol. The summed E-state index contributed by atoms with van der Waals surface area (Å²) in [6.07, 6.45) is -0.122. The fourth-order valence-electron chi connectivity index (χ4n) is 4.30. The molecule has 2 amide bonds. The predicted octanol–water partition coefficient (Wildman–Crippen LogP) is 4.36. The van der Waals surface area contributed by atoms with Crippen LogP contribution in [0.4, 0.5) is 4.79 Å². The van der Waals surface area contributed by atoms with Crippen molar-refractivity contribution in [2.75, 3.05) is 13.2 Å². The van der Waals surface area contributed by atoms with E-state index < -0.39 is 17.6 Å². The van der Waals surface area contributed by atoms with E-state index in [1.54, 1.807) is 26.0 Å². The number of nitrogens with one attached hydrogen (secondary N) is 2. The van der Waals surface area contributed by atoms with Crippen molar-refractivity contribution in [3.8, 4) is 11.1 Å². The van der Waals surface area contributed by atoms with Crippen molar-refractivity contribution in [3.05, 3.63) is 95.1 Å². The second kappa shape index (κ2) is 10.0. The summed E-state index contributed by atoms with van der Waals surface area (Å²) in [4.78, 5) is 36.2. The molecule has 1 aliphatic carbocycles. The molecule has 0 aromatic heterocycles. The van der Waals surface area contributed by atoms with Crippen LogP contribution >= 0.6 is 0 Å². The van der Waals surface area contributed by atoms with Crippen LogP contribution in [0.3, 0.4) is 0 Å². The molecule has 0 saturated carbocycles. The van der Waals surface area contributed by atoms with Crippen LogP contribution in [-0.4, -0.2) is 41.8 Å². The number of benzene rings is 3. The number of hydrogen-bond acceptors (Lipinski definition) is 4. The number of amides is 2. The lowest BCUT2D eigenvalue weighted by molar-refractivity contribution is -0.126. The fraction of sp³-hybridized carbons (Fsp3) is 0.250. The quantitative estimate of drug-likeness (QED) is 0.452. The lowest BCUT2D eigenvalue weighted by atomic mass is 9.98. The molecule has 3 N–H and O–H groups in total. The zero-order chi connectivity index (χ0) is 25.0. The van der Waals surface area contributed by atoms with Gasteiger partial charge in [0.05, 0.1) is 5.56 Å². The van der Waals surface area contributed by atoms with Crippen LogP contribution in [0.15, 0.2) is 72.8 Å². The number of rotatable bonds is 8. The average Bonchev–Trinajstić information content (AvgIpc) is 3.16. The van der Waals surface area contributed by atoms with Gasteiger partial charge >= 0.3 is 12.1 Å². The minimum absolute atomic E-state index is 0.0578. The number of carboxylic acids is 1. The van der Waals surface area contributed by atoms with Crippen molar-refractivity contribution in [1.82, 2.24) is 10.6 Å². The van der Waals surface area contributed by atoms with Gasteiger partial charge in [0.15, 0.2) is 0 Å². The Morgan fingerprint density at radius 2 is 1.46 bits per heavy atom. The van der Waals surface area contributed by atoms with Crippen molar-refractivity contribution in [2.24, 2.45) is 0 Å². The first-order chi connectivity index (χ1) is 16.8. The molecule has 0 unspecified atom stereocenters. The van der Waals surface area contributed by atoms with Gasteiger partial charge in [0.1, 0.15) is 12.1 Å². The van der Waals surface area contributed by atoms with Crippen molar-refractivity contribution in [3.63, 3.8) is 0 Å². The van der Waals surface area contributed by atoms with E-state index in [0.717, 1.165) is 27.8 Å². The molecule has 1 aliphatic rings. The van der Waals surface area contributed by atoms with Crippen LogP contribution in [-0.2, 0) is 16.0 Å². The van der Waals surface area contributed by atoms with E-state index in [9.17, 15) is 14.4 Å². The Morgan fingerprint density at radius 3 is 2.03 bits per heavy atom. The van der Waals surface area contributed by atoms with E-state index >= 15 is 0 Å². The minimum Gasteiger partial charge on any atom is -0.478 e. The summed E-state index contributed by atoms with van der Waals surface area (Å²) in [5, 5.41) is 14.4. The molecule has 0 radical (unpaired) electrons. The summed E-state index contributed by atoms with van der Waals surface area (Å²) in [7, 11) is 0. The van der Waals surface area contributed by atoms with Crippen LogP contribution in [0.25, 0.3) is 11.1 Å². The number of ether oxygens (including phenoxy) is 1. The number of carboxylic acid groups (broad SMARTS) is 1. The number of hydrogen-bond donors (Lipinski definition) is 3. The predicted molar refractivity (Wildman–Crippen MR) is 132 cm³/mol. The second-order valence-electron chi connectivity index (χ2n) is 9.08. The Hall–Kier alpha value is -4.13. The highest BCUT2D eigenvalue weighted by molar-refractivity contribution is 5.89. The Bertz CT molecular complexity index is 1200. The summed E-state index contributed by atoms with van der Waals surface area (Å²) < 4.78 is 5.55. The first-order valence-corrected chi connectivity index (χ1v) is 11.5. The molecule has 0 aliphatic heterocycles. The molecule has 3 aromatic rings. The number of carbonyl (C=O) groups excluding carboxylic acids is 2. The highest BCUT2D eigenvalue weighted by atomic mass is 16.5. The first-order valence-electron chi connectivity index (χ1n) is 11.5. The number of aromatic carboxylic acids is 1. The van der Waals surface area contributed by atoms with Gasteiger partial charge in [-0.1, -0.05) is 60.7 Å². The molecule has 0 spiro atoms. The van der Waals surface area contributed by atoms with Gasteiger partial charge in [0.2, 0.25) is 5.91 Å². The van der Waals surface area contributed by atoms with E-state index in [1.165, 1.54) is 12.1 Å². The topological polar surface area (TPSA) is 105 Å². The van der Waals surface area contributed by atoms with Gasteiger partial charge in [-0.3, -0.25) is 4.79 Å². The Labute approximate surface area is 204 Å². The molecule has 180 valence electrons. The van der Waals surface area contributed by atoms with Gasteiger partial charge in [0, 0.05) is 12.5 Å². The Morgan fingerprint density at radius 1 is 0.886 bits per heavy atom.